The third-order valence-electron chi connectivity index (χ3n) is 6.10. The van der Waals surface area contributed by atoms with Crippen molar-refractivity contribution in [1.82, 2.24) is 19.7 Å². The molecule has 1 aliphatic rings. The molecule has 8 nitrogen and oxygen atoms in total. The van der Waals surface area contributed by atoms with Gasteiger partial charge in [0, 0.05) is 47.2 Å². The summed E-state index contributed by atoms with van der Waals surface area (Å²) in [6, 6.07) is 4.55. The standard InChI is InChI=1S/C26H30Cl2FN5O3/c1-15(22-19(27)5-6-20(29)23(22)28)36-21-11-16(12-31-24(21)30)17-13-32-34(14-17)18-7-9-33(10-8-18)25(35)37-26(2,3)4/h5-6,11-15,18H,7-10H2,1-4H3,(H2,30,31)/t15-/m0/s1. The third kappa shape index (κ3) is 6.27. The van der Waals surface area contributed by atoms with E-state index in [9.17, 15) is 9.18 Å². The number of carbonyl (C=O) groups excluding carboxylic acids is 1. The summed E-state index contributed by atoms with van der Waals surface area (Å²) in [7, 11) is 0. The normalized spacial score (nSPS) is 15.5. The zero-order valence-electron chi connectivity index (χ0n) is 21.2. The maximum Gasteiger partial charge on any atom is 0.410 e. The molecule has 0 saturated carbocycles. The molecule has 0 bridgehead atoms. The second-order valence-corrected chi connectivity index (χ2v) is 10.8. The van der Waals surface area contributed by atoms with Crippen LogP contribution in [-0.2, 0) is 4.74 Å². The van der Waals surface area contributed by atoms with E-state index >= 15 is 0 Å². The Kier molecular flexibility index (Phi) is 7.85. The van der Waals surface area contributed by atoms with Crippen LogP contribution in [0.5, 0.6) is 5.75 Å². The van der Waals surface area contributed by atoms with E-state index in [1.54, 1.807) is 30.3 Å². The monoisotopic (exact) mass is 549 g/mol. The Morgan fingerprint density at radius 2 is 1.89 bits per heavy atom. The average Bonchev–Trinajstić information content (AvgIpc) is 3.32. The fourth-order valence-electron chi connectivity index (χ4n) is 4.20. The SMILES string of the molecule is C[C@H](Oc1cc(-c2cnn(C3CCN(C(=O)OC(C)(C)C)CC3)c2)cnc1N)c1c(Cl)ccc(F)c1Cl. The van der Waals surface area contributed by atoms with Crippen LogP contribution in [0.2, 0.25) is 10.0 Å². The molecule has 2 aromatic heterocycles. The van der Waals surface area contributed by atoms with Gasteiger partial charge < -0.3 is 20.1 Å². The Balaban J connectivity index is 1.45. The van der Waals surface area contributed by atoms with Gasteiger partial charge in [0.15, 0.2) is 11.6 Å². The lowest BCUT2D eigenvalue weighted by atomic mass is 10.1. The van der Waals surface area contributed by atoms with Crippen molar-refractivity contribution >= 4 is 35.1 Å². The molecule has 1 saturated heterocycles. The zero-order chi connectivity index (χ0) is 26.9. The maximum absolute atomic E-state index is 14.0. The van der Waals surface area contributed by atoms with Gasteiger partial charge in [-0.15, -0.1) is 0 Å². The number of hydrogen-bond donors (Lipinski definition) is 1. The molecule has 1 amide bonds. The lowest BCUT2D eigenvalue weighted by Crippen LogP contribution is -2.42. The molecule has 198 valence electrons. The van der Waals surface area contributed by atoms with Crippen molar-refractivity contribution in [3.05, 3.63) is 58.2 Å². The number of nitrogen functional groups attached to an aromatic ring is 1. The molecule has 3 heterocycles. The van der Waals surface area contributed by atoms with Crippen molar-refractivity contribution in [3.63, 3.8) is 0 Å². The number of aromatic nitrogens is 3. The summed E-state index contributed by atoms with van der Waals surface area (Å²) in [6.07, 6.45) is 5.90. The van der Waals surface area contributed by atoms with E-state index in [1.807, 2.05) is 31.6 Å². The number of hydrogen-bond acceptors (Lipinski definition) is 6. The molecule has 1 atom stereocenters. The summed E-state index contributed by atoms with van der Waals surface area (Å²) >= 11 is 12.4. The highest BCUT2D eigenvalue weighted by molar-refractivity contribution is 6.36. The number of carbonyl (C=O) groups is 1. The van der Waals surface area contributed by atoms with E-state index in [0.717, 1.165) is 24.0 Å². The quantitative estimate of drug-likeness (QED) is 0.356. The van der Waals surface area contributed by atoms with E-state index < -0.39 is 17.5 Å². The number of halogens is 3. The summed E-state index contributed by atoms with van der Waals surface area (Å²) in [5.41, 5.74) is 7.46. The molecular formula is C26H30Cl2FN5O3. The van der Waals surface area contributed by atoms with Crippen LogP contribution in [0.1, 0.15) is 58.2 Å². The van der Waals surface area contributed by atoms with Gasteiger partial charge >= 0.3 is 6.09 Å². The Labute approximate surface area is 225 Å². The number of pyridine rings is 1. The minimum Gasteiger partial charge on any atom is -0.482 e. The number of piperidine rings is 1. The van der Waals surface area contributed by atoms with Gasteiger partial charge in [0.2, 0.25) is 0 Å². The fraction of sp³-hybridized carbons (Fsp3) is 0.423. The van der Waals surface area contributed by atoms with Crippen LogP contribution in [-0.4, -0.2) is 44.4 Å². The summed E-state index contributed by atoms with van der Waals surface area (Å²) < 4.78 is 27.4. The molecule has 0 spiro atoms. The average molecular weight is 550 g/mol. The molecule has 1 fully saturated rings. The molecule has 37 heavy (non-hydrogen) atoms. The number of nitrogens with two attached hydrogens (primary N) is 1. The van der Waals surface area contributed by atoms with Crippen molar-refractivity contribution in [2.45, 2.75) is 58.3 Å². The van der Waals surface area contributed by atoms with Gasteiger partial charge in [0.1, 0.15) is 17.5 Å². The Morgan fingerprint density at radius 1 is 1.19 bits per heavy atom. The lowest BCUT2D eigenvalue weighted by Gasteiger charge is -2.33. The number of benzene rings is 1. The van der Waals surface area contributed by atoms with Gasteiger partial charge in [0.25, 0.3) is 0 Å². The van der Waals surface area contributed by atoms with E-state index in [4.69, 9.17) is 38.4 Å². The first-order valence-electron chi connectivity index (χ1n) is 12.0. The van der Waals surface area contributed by atoms with Crippen LogP contribution < -0.4 is 10.5 Å². The molecule has 2 N–H and O–H groups in total. The fourth-order valence-corrected chi connectivity index (χ4v) is 4.88. The van der Waals surface area contributed by atoms with E-state index in [0.29, 0.717) is 29.4 Å². The predicted octanol–water partition coefficient (Wildman–Crippen LogP) is 6.69. The highest BCUT2D eigenvalue weighted by atomic mass is 35.5. The van der Waals surface area contributed by atoms with Crippen molar-refractivity contribution in [2.75, 3.05) is 18.8 Å². The second-order valence-electron chi connectivity index (χ2n) is 10.0. The van der Waals surface area contributed by atoms with Crippen LogP contribution in [0, 0.1) is 5.82 Å². The van der Waals surface area contributed by atoms with Gasteiger partial charge in [-0.1, -0.05) is 23.2 Å². The molecule has 0 radical (unpaired) electrons. The summed E-state index contributed by atoms with van der Waals surface area (Å²) in [5.74, 6) is -0.0818. The third-order valence-corrected chi connectivity index (χ3v) is 6.81. The Hall–Kier alpha value is -3.04. The zero-order valence-corrected chi connectivity index (χ0v) is 22.7. The number of anilines is 1. The largest absolute Gasteiger partial charge is 0.482 e. The summed E-state index contributed by atoms with van der Waals surface area (Å²) in [4.78, 5) is 18.3. The first kappa shape index (κ1) is 27.0. The van der Waals surface area contributed by atoms with Gasteiger partial charge in [-0.2, -0.15) is 5.10 Å². The number of rotatable bonds is 5. The molecule has 4 rings (SSSR count). The number of likely N-dealkylation sites (tertiary alicyclic amines) is 1. The molecule has 0 aliphatic carbocycles. The predicted molar refractivity (Wildman–Crippen MR) is 141 cm³/mol. The molecule has 11 heteroatoms. The number of nitrogens with zero attached hydrogens (tertiary/aromatic N) is 4. The van der Waals surface area contributed by atoms with Gasteiger partial charge in [-0.25, -0.2) is 14.2 Å². The van der Waals surface area contributed by atoms with Crippen molar-refractivity contribution < 1.29 is 18.7 Å². The van der Waals surface area contributed by atoms with Gasteiger partial charge in [-0.3, -0.25) is 4.68 Å². The topological polar surface area (TPSA) is 95.5 Å². The van der Waals surface area contributed by atoms with Gasteiger partial charge in [-0.05, 0) is 58.7 Å². The molecule has 1 aromatic carbocycles. The number of ether oxygens (including phenoxy) is 2. The van der Waals surface area contributed by atoms with E-state index in [2.05, 4.69) is 10.1 Å². The number of amides is 1. The van der Waals surface area contributed by atoms with E-state index in [-0.39, 0.29) is 23.0 Å². The molecule has 1 aliphatic heterocycles. The van der Waals surface area contributed by atoms with Crippen LogP contribution in [0.25, 0.3) is 11.1 Å². The van der Waals surface area contributed by atoms with Crippen LogP contribution in [0.15, 0.2) is 36.8 Å². The van der Waals surface area contributed by atoms with Crippen LogP contribution >= 0.6 is 23.2 Å². The summed E-state index contributed by atoms with van der Waals surface area (Å²) in [6.45, 7) is 8.48. The van der Waals surface area contributed by atoms with Crippen molar-refractivity contribution in [1.29, 1.82) is 0 Å². The minimum atomic E-state index is -0.673. The maximum atomic E-state index is 14.0. The smallest absolute Gasteiger partial charge is 0.410 e. The molecule has 3 aromatic rings. The lowest BCUT2D eigenvalue weighted by molar-refractivity contribution is 0.0185. The van der Waals surface area contributed by atoms with Crippen molar-refractivity contribution in [3.8, 4) is 16.9 Å². The first-order valence-corrected chi connectivity index (χ1v) is 12.8. The highest BCUT2D eigenvalue weighted by Gasteiger charge is 2.28. The highest BCUT2D eigenvalue weighted by Crippen LogP contribution is 2.37. The van der Waals surface area contributed by atoms with Gasteiger partial charge in [0.05, 0.1) is 17.3 Å². The second kappa shape index (κ2) is 10.8. The molecule has 0 unspecified atom stereocenters. The van der Waals surface area contributed by atoms with Crippen molar-refractivity contribution in [2.24, 2.45) is 0 Å². The van der Waals surface area contributed by atoms with Crippen LogP contribution in [0.3, 0.4) is 0 Å². The van der Waals surface area contributed by atoms with E-state index in [1.165, 1.54) is 12.1 Å². The molecular weight excluding hydrogens is 520 g/mol. The minimum absolute atomic E-state index is 0.0957. The van der Waals surface area contributed by atoms with Crippen LogP contribution in [0.4, 0.5) is 15.0 Å². The Bertz CT molecular complexity index is 1290. The summed E-state index contributed by atoms with van der Waals surface area (Å²) in [5, 5.41) is 4.74. The first-order chi connectivity index (χ1) is 17.4. The Morgan fingerprint density at radius 3 is 2.57 bits per heavy atom.